The number of nitrogens with one attached hydrogen (secondary N) is 2. The van der Waals surface area contributed by atoms with E-state index >= 15 is 0 Å². The van der Waals surface area contributed by atoms with E-state index in [9.17, 15) is 19.5 Å². The highest BCUT2D eigenvalue weighted by molar-refractivity contribution is 7.14. The summed E-state index contributed by atoms with van der Waals surface area (Å²) in [7, 11) is 0. The molecule has 0 aliphatic carbocycles. The zero-order valence-electron chi connectivity index (χ0n) is 22.2. The lowest BCUT2D eigenvalue weighted by Gasteiger charge is -2.19. The first-order valence-electron chi connectivity index (χ1n) is 12.9. The highest BCUT2D eigenvalue weighted by Crippen LogP contribution is 2.24. The Labute approximate surface area is 236 Å². The second-order valence-electron chi connectivity index (χ2n) is 9.52. The van der Waals surface area contributed by atoms with Crippen LogP contribution in [0.2, 0.25) is 0 Å². The van der Waals surface area contributed by atoms with Crippen molar-refractivity contribution in [2.45, 2.75) is 45.3 Å². The van der Waals surface area contributed by atoms with E-state index in [1.807, 2.05) is 44.3 Å². The monoisotopic (exact) mass is 558 g/mol. The van der Waals surface area contributed by atoms with Crippen LogP contribution in [0, 0.1) is 11.8 Å². The maximum Gasteiger partial charge on any atom is 0.303 e. The van der Waals surface area contributed by atoms with Crippen LogP contribution in [0.25, 0.3) is 10.9 Å². The van der Waals surface area contributed by atoms with Gasteiger partial charge in [-0.2, -0.15) is 0 Å². The predicted octanol–water partition coefficient (Wildman–Crippen LogP) is 4.80. The van der Waals surface area contributed by atoms with Gasteiger partial charge in [-0.3, -0.25) is 14.4 Å². The fourth-order valence-electron chi connectivity index (χ4n) is 4.16. The van der Waals surface area contributed by atoms with Gasteiger partial charge in [0, 0.05) is 29.1 Å². The summed E-state index contributed by atoms with van der Waals surface area (Å²) in [6.07, 6.45) is 1.89. The molecule has 0 aliphatic heterocycles. The van der Waals surface area contributed by atoms with E-state index in [1.165, 1.54) is 11.3 Å². The van der Waals surface area contributed by atoms with Crippen molar-refractivity contribution in [2.24, 2.45) is 0 Å². The molecule has 4 N–H and O–H groups in total. The third-order valence-electron chi connectivity index (χ3n) is 6.06. The van der Waals surface area contributed by atoms with Crippen molar-refractivity contribution in [3.8, 4) is 17.6 Å². The van der Waals surface area contributed by atoms with Crippen LogP contribution >= 0.6 is 11.3 Å². The molecule has 8 nitrogen and oxygen atoms in total. The van der Waals surface area contributed by atoms with Gasteiger partial charge < -0.3 is 25.3 Å². The number of aliphatic hydroxyl groups excluding tert-OH is 1. The molecule has 206 valence electrons. The number of carbonyl (C=O) groups excluding carboxylic acids is 2. The Morgan fingerprint density at radius 2 is 1.85 bits per heavy atom. The lowest BCUT2D eigenvalue weighted by Crippen LogP contribution is -2.39. The molecule has 2 aromatic heterocycles. The van der Waals surface area contributed by atoms with E-state index < -0.39 is 12.0 Å². The number of ketones is 1. The number of aromatic amines is 1. The summed E-state index contributed by atoms with van der Waals surface area (Å²) in [6.45, 7) is 3.50. The van der Waals surface area contributed by atoms with Gasteiger partial charge in [0.2, 0.25) is 0 Å². The number of thiophene rings is 1. The van der Waals surface area contributed by atoms with Crippen molar-refractivity contribution in [2.75, 3.05) is 6.61 Å². The third kappa shape index (κ3) is 7.38. The number of benzene rings is 2. The van der Waals surface area contributed by atoms with Crippen molar-refractivity contribution in [1.82, 2.24) is 10.3 Å². The average Bonchev–Trinajstić information content (AvgIpc) is 3.58. The van der Waals surface area contributed by atoms with Gasteiger partial charge in [-0.15, -0.1) is 11.3 Å². The number of carbonyl (C=O) groups is 3. The summed E-state index contributed by atoms with van der Waals surface area (Å²) in [5, 5.41) is 22.8. The van der Waals surface area contributed by atoms with Crippen LogP contribution in [0.3, 0.4) is 0 Å². The summed E-state index contributed by atoms with van der Waals surface area (Å²) in [4.78, 5) is 40.6. The molecule has 4 rings (SSSR count). The maximum atomic E-state index is 13.4. The van der Waals surface area contributed by atoms with Crippen molar-refractivity contribution < 1.29 is 29.3 Å². The number of H-pyrrole nitrogens is 1. The standard InChI is InChI=1S/C31H30N2O6S/c1-19(2)39-28-12-8-20(7-9-23-10-13-29(40-23)27(35)11-14-30(36)37)15-25(28)31(38)33-22(18-34)16-21-17-32-26-6-4-3-5-24(21)26/h3-6,8,10,12-13,15,17,19,22,32,34H,11,14,16,18H2,1-2H3,(H,33,38)(H,36,37)/t22-/m1/s1. The molecule has 2 heterocycles. The summed E-state index contributed by atoms with van der Waals surface area (Å²) in [5.74, 6) is 4.81. The number of rotatable bonds is 11. The minimum absolute atomic E-state index is 0.0619. The SMILES string of the molecule is CC(C)Oc1ccc(C#Cc2ccc(C(=O)CCC(=O)O)s2)cc1C(=O)N[C@@H](CO)Cc1c[nH]c2ccccc12. The molecule has 0 unspecified atom stereocenters. The number of carboxylic acid groups (broad SMARTS) is 1. The highest BCUT2D eigenvalue weighted by atomic mass is 32.1. The second-order valence-corrected chi connectivity index (χ2v) is 10.6. The minimum atomic E-state index is -1.02. The Balaban J connectivity index is 1.52. The molecule has 40 heavy (non-hydrogen) atoms. The Hall–Kier alpha value is -4.39. The molecular weight excluding hydrogens is 528 g/mol. The lowest BCUT2D eigenvalue weighted by atomic mass is 10.0. The molecule has 9 heteroatoms. The Morgan fingerprint density at radius 1 is 1.05 bits per heavy atom. The Kier molecular flexibility index (Phi) is 9.38. The van der Waals surface area contributed by atoms with Gasteiger partial charge in [0.15, 0.2) is 5.78 Å². The largest absolute Gasteiger partial charge is 0.490 e. The maximum absolute atomic E-state index is 13.4. The van der Waals surface area contributed by atoms with Gasteiger partial charge in [-0.1, -0.05) is 30.0 Å². The lowest BCUT2D eigenvalue weighted by molar-refractivity contribution is -0.136. The number of ether oxygens (including phenoxy) is 1. The van der Waals surface area contributed by atoms with Gasteiger partial charge in [0.25, 0.3) is 5.91 Å². The van der Waals surface area contributed by atoms with Crippen LogP contribution in [0.4, 0.5) is 0 Å². The normalized spacial score (nSPS) is 11.6. The Bertz CT molecular complexity index is 1590. The zero-order chi connectivity index (χ0) is 28.6. The minimum Gasteiger partial charge on any atom is -0.490 e. The Morgan fingerprint density at radius 3 is 2.60 bits per heavy atom. The quantitative estimate of drug-likeness (QED) is 0.155. The van der Waals surface area contributed by atoms with Gasteiger partial charge in [0.05, 0.1) is 40.5 Å². The molecule has 0 fully saturated rings. The van der Waals surface area contributed by atoms with E-state index in [2.05, 4.69) is 22.1 Å². The van der Waals surface area contributed by atoms with Gasteiger partial charge >= 0.3 is 5.97 Å². The first kappa shape index (κ1) is 28.6. The number of amides is 1. The number of carboxylic acids is 1. The van der Waals surface area contributed by atoms with Gasteiger partial charge in [-0.25, -0.2) is 0 Å². The molecule has 1 atom stereocenters. The molecule has 1 amide bonds. The summed E-state index contributed by atoms with van der Waals surface area (Å²) in [6, 6.07) is 15.8. The van der Waals surface area contributed by atoms with Crippen molar-refractivity contribution >= 4 is 39.9 Å². The smallest absolute Gasteiger partial charge is 0.303 e. The number of Topliss-reactive ketones (excluding diaryl/α,β-unsaturated/α-hetero) is 1. The van der Waals surface area contributed by atoms with Crippen LogP contribution in [0.15, 0.2) is 60.8 Å². The molecule has 0 bridgehead atoms. The van der Waals surface area contributed by atoms with E-state index in [-0.39, 0.29) is 37.2 Å². The molecule has 0 radical (unpaired) electrons. The first-order valence-corrected chi connectivity index (χ1v) is 13.7. The highest BCUT2D eigenvalue weighted by Gasteiger charge is 2.20. The number of aromatic nitrogens is 1. The van der Waals surface area contributed by atoms with Gasteiger partial charge in [0.1, 0.15) is 5.75 Å². The van der Waals surface area contributed by atoms with E-state index in [4.69, 9.17) is 9.84 Å². The van der Waals surface area contributed by atoms with Crippen molar-refractivity contribution in [3.05, 3.63) is 87.2 Å². The molecule has 4 aromatic rings. The number of para-hydroxylation sites is 1. The second kappa shape index (κ2) is 13.1. The molecule has 0 saturated carbocycles. The van der Waals surface area contributed by atoms with E-state index in [0.29, 0.717) is 33.1 Å². The van der Waals surface area contributed by atoms with E-state index in [0.717, 1.165) is 16.5 Å². The summed E-state index contributed by atoms with van der Waals surface area (Å²) < 4.78 is 5.88. The summed E-state index contributed by atoms with van der Waals surface area (Å²) >= 11 is 1.20. The number of hydrogen-bond acceptors (Lipinski definition) is 6. The first-order chi connectivity index (χ1) is 19.2. The topological polar surface area (TPSA) is 129 Å². The van der Waals surface area contributed by atoms with Crippen LogP contribution in [-0.2, 0) is 11.2 Å². The zero-order valence-corrected chi connectivity index (χ0v) is 23.0. The molecular formula is C31H30N2O6S. The third-order valence-corrected chi connectivity index (χ3v) is 7.10. The molecule has 0 saturated heterocycles. The fourth-order valence-corrected chi connectivity index (χ4v) is 4.99. The van der Waals surface area contributed by atoms with E-state index in [1.54, 1.807) is 30.3 Å². The van der Waals surface area contributed by atoms with Crippen molar-refractivity contribution in [3.63, 3.8) is 0 Å². The fraction of sp³-hybridized carbons (Fsp3) is 0.258. The van der Waals surface area contributed by atoms with Gasteiger partial charge in [-0.05, 0) is 62.2 Å². The predicted molar refractivity (Wildman–Crippen MR) is 154 cm³/mol. The van der Waals surface area contributed by atoms with Crippen LogP contribution < -0.4 is 10.1 Å². The number of fused-ring (bicyclic) bond motifs is 1. The number of aliphatic carboxylic acids is 1. The molecule has 0 spiro atoms. The number of hydrogen-bond donors (Lipinski definition) is 4. The summed E-state index contributed by atoms with van der Waals surface area (Å²) in [5.41, 5.74) is 2.85. The van der Waals surface area contributed by atoms with Crippen molar-refractivity contribution in [1.29, 1.82) is 0 Å². The van der Waals surface area contributed by atoms with Crippen LogP contribution in [0.5, 0.6) is 5.75 Å². The van der Waals surface area contributed by atoms with Crippen LogP contribution in [0.1, 0.15) is 62.7 Å². The molecule has 0 aliphatic rings. The molecule has 2 aromatic carbocycles. The average molecular weight is 559 g/mol. The van der Waals surface area contributed by atoms with Crippen LogP contribution in [-0.4, -0.2) is 51.6 Å². The number of aliphatic hydroxyl groups is 1.